The molecule has 0 bridgehead atoms. The second kappa shape index (κ2) is 12.3. The minimum Gasteiger partial charge on any atom is -0.486 e. The van der Waals surface area contributed by atoms with E-state index in [2.05, 4.69) is 106 Å². The fraction of sp³-hybridized carbons (Fsp3) is 0.636. The first-order valence-electron chi connectivity index (χ1n) is 18.9. The number of allylic oxidation sites excluding steroid dienone is 1. The summed E-state index contributed by atoms with van der Waals surface area (Å²) in [6, 6.07) is 8.98. The highest BCUT2D eigenvalue weighted by Crippen LogP contribution is 2.62. The Hall–Kier alpha value is -3.08. The van der Waals surface area contributed by atoms with Crippen molar-refractivity contribution < 1.29 is 23.8 Å². The van der Waals surface area contributed by atoms with Crippen LogP contribution in [0.4, 0.5) is 0 Å². The van der Waals surface area contributed by atoms with Crippen LogP contribution in [0.3, 0.4) is 0 Å². The summed E-state index contributed by atoms with van der Waals surface area (Å²) in [5, 5.41) is 0. The summed E-state index contributed by atoms with van der Waals surface area (Å²) < 4.78 is 19.8. The second-order valence-electron chi connectivity index (χ2n) is 18.3. The molecule has 5 heteroatoms. The molecule has 5 nitrogen and oxygen atoms in total. The molecule has 6 atom stereocenters. The molecule has 0 aromatic heterocycles. The van der Waals surface area contributed by atoms with E-state index >= 15 is 0 Å². The Bertz CT molecular complexity index is 1680. The maximum Gasteiger partial charge on any atom is 0.308 e. The van der Waals surface area contributed by atoms with Gasteiger partial charge in [-0.3, -0.25) is 9.59 Å². The summed E-state index contributed by atoms with van der Waals surface area (Å²) in [7, 11) is 0. The number of benzene rings is 2. The first-order chi connectivity index (χ1) is 22.8. The highest BCUT2D eigenvalue weighted by atomic mass is 16.6. The molecule has 49 heavy (non-hydrogen) atoms. The summed E-state index contributed by atoms with van der Waals surface area (Å²) in [4.78, 5) is 25.3. The molecular weight excluding hydrogens is 608 g/mol. The maximum atomic E-state index is 13.0. The lowest BCUT2D eigenvalue weighted by Crippen LogP contribution is -2.58. The van der Waals surface area contributed by atoms with Gasteiger partial charge in [0.2, 0.25) is 0 Å². The number of rotatable bonds is 6. The van der Waals surface area contributed by atoms with E-state index in [9.17, 15) is 9.59 Å². The van der Waals surface area contributed by atoms with E-state index < -0.39 is 12.2 Å². The minimum atomic E-state index is -0.611. The van der Waals surface area contributed by atoms with Gasteiger partial charge < -0.3 is 14.2 Å². The Morgan fingerprint density at radius 2 is 1.31 bits per heavy atom. The molecule has 0 aliphatic heterocycles. The van der Waals surface area contributed by atoms with E-state index in [1.165, 1.54) is 43.4 Å². The van der Waals surface area contributed by atoms with E-state index in [0.29, 0.717) is 11.7 Å². The molecule has 2 aromatic rings. The first-order valence-corrected chi connectivity index (χ1v) is 18.9. The van der Waals surface area contributed by atoms with Crippen molar-refractivity contribution in [3.8, 4) is 11.5 Å². The first kappa shape index (κ1) is 35.7. The van der Waals surface area contributed by atoms with Crippen LogP contribution in [0.5, 0.6) is 11.5 Å². The fourth-order valence-electron chi connectivity index (χ4n) is 11.0. The van der Waals surface area contributed by atoms with E-state index in [0.717, 1.165) is 48.1 Å². The number of carbonyl (C=O) groups excluding carboxylic acids is 2. The van der Waals surface area contributed by atoms with Gasteiger partial charge in [0.1, 0.15) is 17.6 Å². The third kappa shape index (κ3) is 5.95. The molecule has 6 unspecified atom stereocenters. The van der Waals surface area contributed by atoms with Crippen molar-refractivity contribution in [1.82, 2.24) is 0 Å². The second-order valence-corrected chi connectivity index (χ2v) is 18.3. The summed E-state index contributed by atoms with van der Waals surface area (Å²) in [5.74, 6) is 1.70. The number of esters is 2. The van der Waals surface area contributed by atoms with Crippen molar-refractivity contribution in [2.75, 3.05) is 0 Å². The molecule has 2 fully saturated rings. The third-order valence-electron chi connectivity index (χ3n) is 13.1. The molecule has 0 spiro atoms. The van der Waals surface area contributed by atoms with Crippen molar-refractivity contribution in [1.29, 1.82) is 0 Å². The highest BCUT2D eigenvalue weighted by Gasteiger charge is 2.59. The highest BCUT2D eigenvalue weighted by molar-refractivity contribution is 5.71. The minimum absolute atomic E-state index is 0.0196. The largest absolute Gasteiger partial charge is 0.486 e. The summed E-state index contributed by atoms with van der Waals surface area (Å²) >= 11 is 0. The van der Waals surface area contributed by atoms with Gasteiger partial charge in [0.05, 0.1) is 0 Å². The summed E-state index contributed by atoms with van der Waals surface area (Å²) in [6.07, 6.45) is 10.5. The van der Waals surface area contributed by atoms with E-state index in [4.69, 9.17) is 14.2 Å². The third-order valence-corrected chi connectivity index (χ3v) is 13.1. The van der Waals surface area contributed by atoms with Gasteiger partial charge in [-0.05, 0) is 112 Å². The molecule has 2 aromatic carbocycles. The average molecular weight is 669 g/mol. The van der Waals surface area contributed by atoms with Crippen LogP contribution >= 0.6 is 0 Å². The quantitative estimate of drug-likeness (QED) is 0.226. The van der Waals surface area contributed by atoms with Gasteiger partial charge in [-0.15, -0.1) is 0 Å². The Labute approximate surface area is 295 Å². The zero-order valence-corrected chi connectivity index (χ0v) is 32.2. The number of ether oxygens (including phenoxy) is 3. The van der Waals surface area contributed by atoms with Crippen LogP contribution in [0.1, 0.15) is 173 Å². The van der Waals surface area contributed by atoms with Crippen molar-refractivity contribution in [3.63, 3.8) is 0 Å². The topological polar surface area (TPSA) is 61.8 Å². The van der Waals surface area contributed by atoms with Gasteiger partial charge >= 0.3 is 11.9 Å². The summed E-state index contributed by atoms with van der Waals surface area (Å²) in [6.45, 7) is 26.1. The Morgan fingerprint density at radius 1 is 0.714 bits per heavy atom. The van der Waals surface area contributed by atoms with Crippen LogP contribution in [-0.4, -0.2) is 18.0 Å². The van der Waals surface area contributed by atoms with Gasteiger partial charge in [-0.25, -0.2) is 0 Å². The van der Waals surface area contributed by atoms with Crippen LogP contribution in [-0.2, 0) is 25.2 Å². The molecule has 0 saturated heterocycles. The van der Waals surface area contributed by atoms with Crippen molar-refractivity contribution >= 4 is 18.0 Å². The normalized spacial score (nSPS) is 30.9. The van der Waals surface area contributed by atoms with Gasteiger partial charge in [-0.2, -0.15) is 0 Å². The molecule has 266 valence electrons. The monoisotopic (exact) mass is 668 g/mol. The van der Waals surface area contributed by atoms with Crippen molar-refractivity contribution in [2.45, 2.75) is 156 Å². The fourth-order valence-corrected chi connectivity index (χ4v) is 11.0. The molecule has 2 saturated carbocycles. The number of hydrogen-bond donors (Lipinski definition) is 0. The molecular formula is C44H60O5. The van der Waals surface area contributed by atoms with E-state index in [1.807, 2.05) is 0 Å². The average Bonchev–Trinajstić information content (AvgIpc) is 2.97. The lowest BCUT2D eigenvalue weighted by atomic mass is 9.48. The number of hydrogen-bond acceptors (Lipinski definition) is 5. The Balaban J connectivity index is 1.58. The Morgan fingerprint density at radius 3 is 1.92 bits per heavy atom. The van der Waals surface area contributed by atoms with Gasteiger partial charge in [0, 0.05) is 30.7 Å². The van der Waals surface area contributed by atoms with Crippen molar-refractivity contribution in [3.05, 3.63) is 63.7 Å². The van der Waals surface area contributed by atoms with Gasteiger partial charge in [0.25, 0.3) is 0 Å². The van der Waals surface area contributed by atoms with Crippen molar-refractivity contribution in [2.24, 2.45) is 22.7 Å². The van der Waals surface area contributed by atoms with Crippen LogP contribution in [0, 0.1) is 22.7 Å². The molecule has 0 radical (unpaired) electrons. The number of fused-ring (bicyclic) bond motifs is 6. The smallest absolute Gasteiger partial charge is 0.308 e. The standard InChI is InChI=1S/C44H60O5/c1-25(2)30-21-29-15-16-37-41(7,8)17-13-19-43(37,11)33(29)23-36(30)49-39-38(48-28(6)46)32-22-31(26(3)4)35(47-27(5)45)24-34(32)44(12)20-14-18-42(9,10)40(39)44/h15-16,21-26,37-40H,13-14,17-20H2,1-12H3. The van der Waals surface area contributed by atoms with Gasteiger partial charge in [-0.1, -0.05) is 94.2 Å². The Kier molecular flexibility index (Phi) is 8.97. The lowest BCUT2D eigenvalue weighted by molar-refractivity contribution is -0.164. The van der Waals surface area contributed by atoms with Crippen LogP contribution in [0.25, 0.3) is 6.08 Å². The molecule has 0 N–H and O–H groups in total. The van der Waals surface area contributed by atoms with E-state index in [1.54, 1.807) is 0 Å². The number of carbonyl (C=O) groups is 2. The van der Waals surface area contributed by atoms with Crippen LogP contribution in [0.15, 0.2) is 30.3 Å². The predicted octanol–water partition coefficient (Wildman–Crippen LogP) is 11.1. The SMILES string of the molecule is CC(=O)Oc1cc2c(cc1C(C)C)C(OC(C)=O)C(Oc1cc3c(cc1C(C)C)C=CC1C(C)(C)CCCC31C)C1C(C)(C)CCCC21C. The zero-order chi connectivity index (χ0) is 35.8. The summed E-state index contributed by atoms with van der Waals surface area (Å²) in [5.41, 5.74) is 6.74. The molecule has 4 aliphatic carbocycles. The molecule has 6 rings (SSSR count). The van der Waals surface area contributed by atoms with E-state index in [-0.39, 0.29) is 51.4 Å². The maximum absolute atomic E-state index is 13.0. The van der Waals surface area contributed by atoms with Crippen LogP contribution < -0.4 is 9.47 Å². The zero-order valence-electron chi connectivity index (χ0n) is 32.2. The predicted molar refractivity (Wildman–Crippen MR) is 197 cm³/mol. The lowest BCUT2D eigenvalue weighted by Gasteiger charge is -2.58. The molecule has 0 amide bonds. The van der Waals surface area contributed by atoms with Gasteiger partial charge in [0.15, 0.2) is 6.10 Å². The molecule has 0 heterocycles. The van der Waals surface area contributed by atoms with Crippen LogP contribution in [0.2, 0.25) is 0 Å². The molecule has 4 aliphatic rings.